The van der Waals surface area contributed by atoms with Crippen molar-refractivity contribution in [2.75, 3.05) is 19.7 Å². The van der Waals surface area contributed by atoms with Crippen molar-refractivity contribution in [3.8, 4) is 0 Å². The Morgan fingerprint density at radius 2 is 1.83 bits per heavy atom. The Balaban J connectivity index is 1.66. The zero-order valence-corrected chi connectivity index (χ0v) is 17.7. The molecule has 1 aliphatic heterocycles. The van der Waals surface area contributed by atoms with Gasteiger partial charge in [-0.15, -0.1) is 11.3 Å². The number of thiophene rings is 1. The summed E-state index contributed by atoms with van der Waals surface area (Å²) in [6, 6.07) is 17.5. The summed E-state index contributed by atoms with van der Waals surface area (Å²) in [5.41, 5.74) is 1.71. The number of fused-ring (bicyclic) bond motifs is 1. The minimum absolute atomic E-state index is 0.0612. The highest BCUT2D eigenvalue weighted by Crippen LogP contribution is 2.34. The van der Waals surface area contributed by atoms with E-state index in [0.29, 0.717) is 16.9 Å². The number of carbonyl (C=O) groups is 2. The van der Waals surface area contributed by atoms with Crippen LogP contribution in [-0.2, 0) is 6.42 Å². The molecule has 1 fully saturated rings. The van der Waals surface area contributed by atoms with Gasteiger partial charge in [0.15, 0.2) is 0 Å². The fraction of sp³-hybridized carbons (Fsp3) is 0.333. The van der Waals surface area contributed by atoms with Crippen LogP contribution in [-0.4, -0.2) is 47.6 Å². The molecule has 0 radical (unpaired) electrons. The van der Waals surface area contributed by atoms with Gasteiger partial charge in [-0.05, 0) is 54.8 Å². The molecule has 2 aromatic carbocycles. The molecule has 0 aliphatic carbocycles. The van der Waals surface area contributed by atoms with Crippen molar-refractivity contribution >= 4 is 33.2 Å². The van der Waals surface area contributed by atoms with Crippen molar-refractivity contribution in [1.29, 1.82) is 0 Å². The van der Waals surface area contributed by atoms with Gasteiger partial charge in [-0.1, -0.05) is 36.4 Å². The van der Waals surface area contributed by atoms with E-state index in [1.54, 1.807) is 0 Å². The van der Waals surface area contributed by atoms with Crippen LogP contribution in [0.2, 0.25) is 0 Å². The lowest BCUT2D eigenvalue weighted by atomic mass is 9.93. The second-order valence-electron chi connectivity index (χ2n) is 7.60. The number of likely N-dealkylation sites (tertiary alicyclic amines) is 1. The normalized spacial score (nSPS) is 16.6. The van der Waals surface area contributed by atoms with E-state index < -0.39 is 0 Å². The predicted octanol–water partition coefficient (Wildman–Crippen LogP) is 3.86. The first-order chi connectivity index (χ1) is 14.7. The Morgan fingerprint density at radius 1 is 1.07 bits per heavy atom. The summed E-state index contributed by atoms with van der Waals surface area (Å²) in [6.45, 7) is 0.884. The van der Waals surface area contributed by atoms with E-state index in [4.69, 9.17) is 5.11 Å². The van der Waals surface area contributed by atoms with E-state index >= 15 is 0 Å². The molecule has 3 aromatic rings. The lowest BCUT2D eigenvalue weighted by Gasteiger charge is -2.36. The van der Waals surface area contributed by atoms with Crippen LogP contribution in [0.25, 0.3) is 10.1 Å². The number of aliphatic hydroxyl groups excluding tert-OH is 1. The van der Waals surface area contributed by atoms with Crippen molar-refractivity contribution in [3.63, 3.8) is 0 Å². The van der Waals surface area contributed by atoms with Gasteiger partial charge in [-0.25, -0.2) is 0 Å². The van der Waals surface area contributed by atoms with Crippen molar-refractivity contribution in [2.45, 2.75) is 31.7 Å². The highest BCUT2D eigenvalue weighted by molar-refractivity contribution is 7.21. The first-order valence-corrected chi connectivity index (χ1v) is 11.3. The molecule has 2 N–H and O–H groups in total. The third-order valence-electron chi connectivity index (χ3n) is 5.65. The van der Waals surface area contributed by atoms with Crippen molar-refractivity contribution in [1.82, 2.24) is 10.2 Å². The van der Waals surface area contributed by atoms with E-state index in [2.05, 4.69) is 11.4 Å². The molecule has 1 aliphatic rings. The topological polar surface area (TPSA) is 69.6 Å². The van der Waals surface area contributed by atoms with E-state index in [0.717, 1.165) is 41.5 Å². The van der Waals surface area contributed by atoms with Crippen LogP contribution in [0.1, 0.15) is 44.9 Å². The number of amides is 2. The monoisotopic (exact) mass is 422 g/mol. The molecule has 4 rings (SSSR count). The standard InChI is InChI=1S/C24H26N2O3S/c27-15-13-25-23(28)22-20(19-11-4-5-12-21(19)30-22)16-18-10-6-7-14-26(18)24(29)17-8-2-1-3-9-17/h1-5,8-9,11-12,18,27H,6-7,10,13-16H2,(H,25,28). The van der Waals surface area contributed by atoms with Crippen LogP contribution >= 0.6 is 11.3 Å². The second kappa shape index (κ2) is 9.41. The van der Waals surface area contributed by atoms with E-state index in [9.17, 15) is 9.59 Å². The summed E-state index contributed by atoms with van der Waals surface area (Å²) in [7, 11) is 0. The molecule has 1 aromatic heterocycles. The van der Waals surface area contributed by atoms with Crippen LogP contribution in [0, 0.1) is 0 Å². The second-order valence-corrected chi connectivity index (χ2v) is 8.66. The van der Waals surface area contributed by atoms with Crippen LogP contribution in [0.4, 0.5) is 0 Å². The Labute approximate surface area is 180 Å². The molecule has 0 saturated carbocycles. The maximum absolute atomic E-state index is 13.2. The van der Waals surface area contributed by atoms with Crippen molar-refractivity contribution < 1.29 is 14.7 Å². The van der Waals surface area contributed by atoms with E-state index in [1.807, 2.05) is 53.4 Å². The number of aliphatic hydroxyl groups is 1. The fourth-order valence-electron chi connectivity index (χ4n) is 4.20. The van der Waals surface area contributed by atoms with Gasteiger partial charge < -0.3 is 15.3 Å². The number of hydrogen-bond acceptors (Lipinski definition) is 4. The summed E-state index contributed by atoms with van der Waals surface area (Å²) >= 11 is 1.48. The first kappa shape index (κ1) is 20.6. The number of nitrogens with one attached hydrogen (secondary N) is 1. The van der Waals surface area contributed by atoms with Crippen LogP contribution in [0.5, 0.6) is 0 Å². The molecular weight excluding hydrogens is 396 g/mol. The van der Waals surface area contributed by atoms with E-state index in [1.165, 1.54) is 11.3 Å². The summed E-state index contributed by atoms with van der Waals surface area (Å²) in [5.74, 6) is -0.0943. The minimum Gasteiger partial charge on any atom is -0.395 e. The largest absolute Gasteiger partial charge is 0.395 e. The number of hydrogen-bond donors (Lipinski definition) is 2. The SMILES string of the molecule is O=C(NCCO)c1sc2ccccc2c1CC1CCCCN1C(=O)c1ccccc1. The highest BCUT2D eigenvalue weighted by atomic mass is 32.1. The van der Waals surface area contributed by atoms with Crippen molar-refractivity contribution in [3.05, 3.63) is 70.6 Å². The fourth-order valence-corrected chi connectivity index (χ4v) is 5.35. The molecule has 30 heavy (non-hydrogen) atoms. The Morgan fingerprint density at radius 3 is 2.63 bits per heavy atom. The molecule has 0 bridgehead atoms. The van der Waals surface area contributed by atoms with Crippen LogP contribution < -0.4 is 5.32 Å². The lowest BCUT2D eigenvalue weighted by Crippen LogP contribution is -2.45. The molecule has 1 atom stereocenters. The summed E-state index contributed by atoms with van der Waals surface area (Å²) in [6.07, 6.45) is 3.67. The first-order valence-electron chi connectivity index (χ1n) is 10.4. The third kappa shape index (κ3) is 4.25. The van der Waals surface area contributed by atoms with Gasteiger partial charge in [0.25, 0.3) is 11.8 Å². The number of rotatable bonds is 6. The molecule has 6 heteroatoms. The average Bonchev–Trinajstić information content (AvgIpc) is 3.16. The van der Waals surface area contributed by atoms with Crippen molar-refractivity contribution in [2.24, 2.45) is 0 Å². The number of piperidine rings is 1. The molecule has 156 valence electrons. The van der Waals surface area contributed by atoms with E-state index in [-0.39, 0.29) is 31.0 Å². The van der Waals surface area contributed by atoms with Gasteiger partial charge in [0.05, 0.1) is 11.5 Å². The summed E-state index contributed by atoms with van der Waals surface area (Å²) in [5, 5.41) is 12.9. The van der Waals surface area contributed by atoms with Gasteiger partial charge in [0.1, 0.15) is 0 Å². The predicted molar refractivity (Wildman–Crippen MR) is 120 cm³/mol. The lowest BCUT2D eigenvalue weighted by molar-refractivity contribution is 0.0614. The van der Waals surface area contributed by atoms with Gasteiger partial charge in [0.2, 0.25) is 0 Å². The summed E-state index contributed by atoms with van der Waals surface area (Å²) in [4.78, 5) is 28.6. The molecule has 5 nitrogen and oxygen atoms in total. The maximum Gasteiger partial charge on any atom is 0.261 e. The van der Waals surface area contributed by atoms with Crippen LogP contribution in [0.15, 0.2) is 54.6 Å². The Kier molecular flexibility index (Phi) is 6.45. The third-order valence-corrected chi connectivity index (χ3v) is 6.86. The molecular formula is C24H26N2O3S. The van der Waals surface area contributed by atoms with Gasteiger partial charge in [-0.2, -0.15) is 0 Å². The molecule has 1 saturated heterocycles. The zero-order chi connectivity index (χ0) is 20.9. The maximum atomic E-state index is 13.2. The molecule has 1 unspecified atom stereocenters. The van der Waals surface area contributed by atoms with Crippen LogP contribution in [0.3, 0.4) is 0 Å². The number of benzene rings is 2. The highest BCUT2D eigenvalue weighted by Gasteiger charge is 2.30. The van der Waals surface area contributed by atoms with Gasteiger partial charge in [0, 0.05) is 29.4 Å². The smallest absolute Gasteiger partial charge is 0.261 e. The number of carbonyl (C=O) groups excluding carboxylic acids is 2. The number of nitrogens with zero attached hydrogens (tertiary/aromatic N) is 1. The molecule has 0 spiro atoms. The summed E-state index contributed by atoms with van der Waals surface area (Å²) < 4.78 is 1.07. The average molecular weight is 423 g/mol. The van der Waals surface area contributed by atoms with Gasteiger partial charge >= 0.3 is 0 Å². The minimum atomic E-state index is -0.156. The quantitative estimate of drug-likeness (QED) is 0.634. The molecule has 2 heterocycles. The molecule has 2 amide bonds. The zero-order valence-electron chi connectivity index (χ0n) is 16.8. The Hall–Kier alpha value is -2.70. The Bertz CT molecular complexity index is 1030. The van der Waals surface area contributed by atoms with Gasteiger partial charge in [-0.3, -0.25) is 9.59 Å².